The van der Waals surface area contributed by atoms with Gasteiger partial charge in [0.15, 0.2) is 0 Å². The van der Waals surface area contributed by atoms with Gasteiger partial charge in [-0.05, 0) is 30.2 Å². The number of rotatable bonds is 6. The summed E-state index contributed by atoms with van der Waals surface area (Å²) in [4.78, 5) is 10.1. The molecule has 5 nitrogen and oxygen atoms in total. The van der Waals surface area contributed by atoms with E-state index in [0.29, 0.717) is 0 Å². The predicted octanol–water partition coefficient (Wildman–Crippen LogP) is 3.26. The normalized spacial score (nSPS) is 10.1. The quantitative estimate of drug-likeness (QED) is 0.647. The molecule has 1 N–H and O–H groups in total. The van der Waals surface area contributed by atoms with Crippen molar-refractivity contribution in [2.24, 2.45) is 0 Å². The molecule has 0 saturated carbocycles. The highest BCUT2D eigenvalue weighted by Gasteiger charge is 2.04. The number of anilines is 1. The lowest BCUT2D eigenvalue weighted by Crippen LogP contribution is -2.05. The minimum absolute atomic E-state index is 0.0975. The van der Waals surface area contributed by atoms with Gasteiger partial charge in [-0.15, -0.1) is 0 Å². The van der Waals surface area contributed by atoms with Gasteiger partial charge in [-0.3, -0.25) is 10.1 Å². The summed E-state index contributed by atoms with van der Waals surface area (Å²) in [5.74, 6) is 0.873. The lowest BCUT2D eigenvalue weighted by molar-refractivity contribution is -0.384. The summed E-state index contributed by atoms with van der Waals surface area (Å²) in [6, 6.07) is 14.3. The number of hydrogen-bond acceptors (Lipinski definition) is 4. The molecule has 104 valence electrons. The molecule has 0 saturated heterocycles. The zero-order chi connectivity index (χ0) is 14.4. The molecule has 0 amide bonds. The number of nitrogens with one attached hydrogen (secondary N) is 1. The minimum atomic E-state index is -0.404. The first-order chi connectivity index (χ1) is 9.70. The van der Waals surface area contributed by atoms with Crippen LogP contribution >= 0.6 is 0 Å². The summed E-state index contributed by atoms with van der Waals surface area (Å²) in [5, 5.41) is 13.8. The summed E-state index contributed by atoms with van der Waals surface area (Å²) in [6.45, 7) is 0.734. The summed E-state index contributed by atoms with van der Waals surface area (Å²) >= 11 is 0. The Morgan fingerprint density at radius 2 is 1.85 bits per heavy atom. The molecule has 0 aromatic heterocycles. The summed E-state index contributed by atoms with van der Waals surface area (Å²) in [6.07, 6.45) is 0.820. The van der Waals surface area contributed by atoms with Crippen LogP contribution in [-0.2, 0) is 6.42 Å². The van der Waals surface area contributed by atoms with Gasteiger partial charge in [0.1, 0.15) is 5.75 Å². The molecule has 2 rings (SSSR count). The maximum absolute atomic E-state index is 10.6. The van der Waals surface area contributed by atoms with Crippen molar-refractivity contribution in [3.05, 3.63) is 64.2 Å². The zero-order valence-electron chi connectivity index (χ0n) is 11.2. The highest BCUT2D eigenvalue weighted by molar-refractivity contribution is 5.48. The standard InChI is InChI=1S/C15H16N2O3/c1-20-15-5-3-2-4-12(15)10-11-16-13-6-8-14(9-7-13)17(18)19/h2-9,16H,10-11H2,1H3. The third kappa shape index (κ3) is 3.47. The van der Waals surface area contributed by atoms with Gasteiger partial charge in [-0.2, -0.15) is 0 Å². The fraction of sp³-hybridized carbons (Fsp3) is 0.200. The van der Waals surface area contributed by atoms with Crippen LogP contribution < -0.4 is 10.1 Å². The second-order valence-corrected chi connectivity index (χ2v) is 4.29. The third-order valence-corrected chi connectivity index (χ3v) is 2.99. The van der Waals surface area contributed by atoms with Gasteiger partial charge in [-0.1, -0.05) is 18.2 Å². The number of benzene rings is 2. The lowest BCUT2D eigenvalue weighted by Gasteiger charge is -2.09. The van der Waals surface area contributed by atoms with Crippen LogP contribution in [0.25, 0.3) is 0 Å². The fourth-order valence-corrected chi connectivity index (χ4v) is 1.95. The molecule has 0 atom stereocenters. The van der Waals surface area contributed by atoms with E-state index >= 15 is 0 Å². The molecule has 5 heteroatoms. The highest BCUT2D eigenvalue weighted by Crippen LogP contribution is 2.19. The van der Waals surface area contributed by atoms with E-state index in [1.165, 1.54) is 12.1 Å². The number of para-hydroxylation sites is 1. The van der Waals surface area contributed by atoms with E-state index in [-0.39, 0.29) is 5.69 Å². The van der Waals surface area contributed by atoms with Crippen molar-refractivity contribution < 1.29 is 9.66 Å². The summed E-state index contributed by atoms with van der Waals surface area (Å²) in [7, 11) is 1.66. The van der Waals surface area contributed by atoms with Crippen LogP contribution in [0.5, 0.6) is 5.75 Å². The van der Waals surface area contributed by atoms with Crippen molar-refractivity contribution in [3.8, 4) is 5.75 Å². The monoisotopic (exact) mass is 272 g/mol. The number of non-ortho nitro benzene ring substituents is 1. The maximum atomic E-state index is 10.6. The van der Waals surface area contributed by atoms with E-state index in [1.54, 1.807) is 19.2 Å². The number of nitro benzene ring substituents is 1. The molecular weight excluding hydrogens is 256 g/mol. The SMILES string of the molecule is COc1ccccc1CCNc1ccc([N+](=O)[O-])cc1. The van der Waals surface area contributed by atoms with E-state index < -0.39 is 4.92 Å². The van der Waals surface area contributed by atoms with Gasteiger partial charge < -0.3 is 10.1 Å². The van der Waals surface area contributed by atoms with E-state index in [2.05, 4.69) is 5.32 Å². The lowest BCUT2D eigenvalue weighted by atomic mass is 10.1. The van der Waals surface area contributed by atoms with Crippen molar-refractivity contribution in [3.63, 3.8) is 0 Å². The zero-order valence-corrected chi connectivity index (χ0v) is 11.2. The second kappa shape index (κ2) is 6.56. The van der Waals surface area contributed by atoms with Gasteiger partial charge in [0, 0.05) is 24.4 Å². The molecule has 0 radical (unpaired) electrons. The van der Waals surface area contributed by atoms with Gasteiger partial charge in [-0.25, -0.2) is 0 Å². The van der Waals surface area contributed by atoms with Crippen LogP contribution in [0.2, 0.25) is 0 Å². The molecule has 0 aliphatic rings. The van der Waals surface area contributed by atoms with Crippen LogP contribution in [0.15, 0.2) is 48.5 Å². The van der Waals surface area contributed by atoms with Crippen LogP contribution in [0.1, 0.15) is 5.56 Å². The predicted molar refractivity (Wildman–Crippen MR) is 78.3 cm³/mol. The first kappa shape index (κ1) is 13.9. The number of nitrogens with zero attached hydrogens (tertiary/aromatic N) is 1. The van der Waals surface area contributed by atoms with Gasteiger partial charge in [0.2, 0.25) is 0 Å². The molecular formula is C15H16N2O3. The molecule has 20 heavy (non-hydrogen) atoms. The van der Waals surface area contributed by atoms with Gasteiger partial charge in [0.05, 0.1) is 12.0 Å². The first-order valence-corrected chi connectivity index (χ1v) is 6.31. The summed E-state index contributed by atoms with van der Waals surface area (Å²) in [5.41, 5.74) is 2.09. The van der Waals surface area contributed by atoms with Gasteiger partial charge >= 0.3 is 0 Å². The highest BCUT2D eigenvalue weighted by atomic mass is 16.6. The number of methoxy groups -OCH3 is 1. The van der Waals surface area contributed by atoms with Crippen molar-refractivity contribution in [2.75, 3.05) is 19.0 Å². The molecule has 0 heterocycles. The van der Waals surface area contributed by atoms with Crippen molar-refractivity contribution in [2.45, 2.75) is 6.42 Å². The molecule has 0 bridgehead atoms. The number of ether oxygens (including phenoxy) is 1. The molecule has 0 spiro atoms. The Balaban J connectivity index is 1.91. The third-order valence-electron chi connectivity index (χ3n) is 2.99. The Morgan fingerprint density at radius 1 is 1.15 bits per heavy atom. The Kier molecular flexibility index (Phi) is 4.55. The molecule has 2 aromatic rings. The largest absolute Gasteiger partial charge is 0.496 e. The number of hydrogen-bond donors (Lipinski definition) is 1. The number of nitro groups is 1. The fourth-order valence-electron chi connectivity index (χ4n) is 1.95. The maximum Gasteiger partial charge on any atom is 0.269 e. The average molecular weight is 272 g/mol. The van der Waals surface area contributed by atoms with E-state index in [4.69, 9.17) is 4.74 Å². The van der Waals surface area contributed by atoms with Crippen LogP contribution in [0.4, 0.5) is 11.4 Å². The van der Waals surface area contributed by atoms with Crippen LogP contribution in [-0.4, -0.2) is 18.6 Å². The van der Waals surface area contributed by atoms with Crippen molar-refractivity contribution in [1.29, 1.82) is 0 Å². The van der Waals surface area contributed by atoms with E-state index in [9.17, 15) is 10.1 Å². The first-order valence-electron chi connectivity index (χ1n) is 6.31. The topological polar surface area (TPSA) is 64.4 Å². The minimum Gasteiger partial charge on any atom is -0.496 e. The van der Waals surface area contributed by atoms with E-state index in [1.807, 2.05) is 24.3 Å². The van der Waals surface area contributed by atoms with Gasteiger partial charge in [0.25, 0.3) is 5.69 Å². The van der Waals surface area contributed by atoms with E-state index in [0.717, 1.165) is 30.0 Å². The second-order valence-electron chi connectivity index (χ2n) is 4.29. The molecule has 0 aliphatic heterocycles. The molecule has 0 aliphatic carbocycles. The smallest absolute Gasteiger partial charge is 0.269 e. The van der Waals surface area contributed by atoms with Crippen molar-refractivity contribution >= 4 is 11.4 Å². The van der Waals surface area contributed by atoms with Crippen LogP contribution in [0, 0.1) is 10.1 Å². The Labute approximate surface area is 117 Å². The molecule has 0 unspecified atom stereocenters. The molecule has 0 fully saturated rings. The Bertz CT molecular complexity index is 582. The molecule has 2 aromatic carbocycles. The average Bonchev–Trinajstić information content (AvgIpc) is 2.48. The van der Waals surface area contributed by atoms with Crippen molar-refractivity contribution in [1.82, 2.24) is 0 Å². The van der Waals surface area contributed by atoms with Crippen LogP contribution in [0.3, 0.4) is 0 Å². The Morgan fingerprint density at radius 3 is 2.50 bits per heavy atom. The Hall–Kier alpha value is -2.56. The summed E-state index contributed by atoms with van der Waals surface area (Å²) < 4.78 is 5.29.